The number of carbonyl (C=O) groups excluding carboxylic acids is 2. The van der Waals surface area contributed by atoms with Crippen LogP contribution in [0.1, 0.15) is 29.1 Å². The first kappa shape index (κ1) is 29.6. The number of carbonyl (C=O) groups is 2. The van der Waals surface area contributed by atoms with Crippen LogP contribution < -0.4 is 16.0 Å². The van der Waals surface area contributed by atoms with Gasteiger partial charge in [0.1, 0.15) is 23.4 Å². The molecule has 41 heavy (non-hydrogen) atoms. The van der Waals surface area contributed by atoms with Gasteiger partial charge in [-0.15, -0.1) is 0 Å². The second kappa shape index (κ2) is 12.0. The lowest BCUT2D eigenvalue weighted by atomic mass is 9.97. The van der Waals surface area contributed by atoms with Crippen molar-refractivity contribution in [3.05, 3.63) is 77.6 Å². The second-order valence-electron chi connectivity index (χ2n) is 9.01. The van der Waals surface area contributed by atoms with Gasteiger partial charge in [-0.05, 0) is 54.4 Å². The Labute approximate surface area is 232 Å². The van der Waals surface area contributed by atoms with Crippen LogP contribution in [0.15, 0.2) is 65.1 Å². The third kappa shape index (κ3) is 6.18. The zero-order valence-electron chi connectivity index (χ0n) is 22.2. The summed E-state index contributed by atoms with van der Waals surface area (Å²) in [6, 6.07) is 12.2. The van der Waals surface area contributed by atoms with Crippen LogP contribution >= 0.6 is 0 Å². The van der Waals surface area contributed by atoms with Crippen molar-refractivity contribution in [2.75, 3.05) is 26.0 Å². The smallest absolute Gasteiger partial charge is 0.414 e. The summed E-state index contributed by atoms with van der Waals surface area (Å²) in [5, 5.41) is 18.7. The molecule has 2 atom stereocenters. The van der Waals surface area contributed by atoms with Crippen molar-refractivity contribution in [2.45, 2.75) is 25.4 Å². The Bertz CT molecular complexity index is 1570. The van der Waals surface area contributed by atoms with E-state index in [1.807, 2.05) is 12.2 Å². The van der Waals surface area contributed by atoms with E-state index in [0.717, 1.165) is 7.11 Å². The quantitative estimate of drug-likeness (QED) is 0.121. The van der Waals surface area contributed by atoms with Crippen molar-refractivity contribution in [1.82, 2.24) is 10.6 Å². The molecule has 8 nitrogen and oxygen atoms in total. The number of fused-ring (bicyclic) bond motifs is 1. The van der Waals surface area contributed by atoms with Gasteiger partial charge in [-0.3, -0.25) is 14.9 Å². The van der Waals surface area contributed by atoms with Crippen LogP contribution in [0.2, 0.25) is 0 Å². The van der Waals surface area contributed by atoms with Crippen molar-refractivity contribution in [1.29, 1.82) is 0 Å². The molecule has 0 saturated heterocycles. The molecule has 3 aromatic carbocycles. The number of hydrogen-bond donors (Lipinski definition) is 4. The summed E-state index contributed by atoms with van der Waals surface area (Å²) in [4.78, 5) is 24.7. The predicted molar refractivity (Wildman–Crippen MR) is 145 cm³/mol. The third-order valence-electron chi connectivity index (χ3n) is 6.36. The molecule has 0 spiro atoms. The summed E-state index contributed by atoms with van der Waals surface area (Å²) >= 11 is 0. The number of methoxy groups -OCH3 is 1. The number of aliphatic hydroxyl groups is 1. The lowest BCUT2D eigenvalue weighted by Gasteiger charge is -2.23. The topological polar surface area (TPSA) is 113 Å². The standard InChI is InChI=1S/C29H27F4N3O5/c1-4-35-21-14-22-20(23(27(38)34-2)24(41-22)15-8-10-18(30)11-9-15)13-19(21)16-6-5-7-17(12-16)26(37)36-25(28(39)40-3)29(31,32)33/h5-14,25-26,35-37H,4H2,1-3H3,(H,34,38). The Balaban J connectivity index is 1.84. The summed E-state index contributed by atoms with van der Waals surface area (Å²) in [5.74, 6) is -2.26. The van der Waals surface area contributed by atoms with Gasteiger partial charge in [0.05, 0.1) is 12.7 Å². The number of alkyl halides is 3. The van der Waals surface area contributed by atoms with E-state index in [0.29, 0.717) is 39.9 Å². The maximum atomic E-state index is 13.6. The largest absolute Gasteiger partial charge is 0.468 e. The molecule has 0 aliphatic rings. The molecule has 0 saturated carbocycles. The molecule has 4 rings (SSSR count). The fourth-order valence-corrected chi connectivity index (χ4v) is 4.42. The zero-order valence-corrected chi connectivity index (χ0v) is 22.2. The minimum absolute atomic E-state index is 0.0499. The molecule has 0 aliphatic carbocycles. The van der Waals surface area contributed by atoms with E-state index in [4.69, 9.17) is 4.42 Å². The fourth-order valence-electron chi connectivity index (χ4n) is 4.42. The van der Waals surface area contributed by atoms with Gasteiger partial charge < -0.3 is 24.9 Å². The Kier molecular flexibility index (Phi) is 8.64. The molecule has 1 heterocycles. The summed E-state index contributed by atoms with van der Waals surface area (Å²) < 4.78 is 64.1. The summed E-state index contributed by atoms with van der Waals surface area (Å²) in [7, 11) is 2.28. The molecule has 2 unspecified atom stereocenters. The number of nitrogens with one attached hydrogen (secondary N) is 3. The first-order valence-corrected chi connectivity index (χ1v) is 12.5. The normalized spacial score (nSPS) is 13.1. The lowest BCUT2D eigenvalue weighted by molar-refractivity contribution is -0.187. The number of furan rings is 1. The Hall–Kier alpha value is -4.42. The van der Waals surface area contributed by atoms with E-state index in [1.165, 1.54) is 49.5 Å². The highest BCUT2D eigenvalue weighted by Crippen LogP contribution is 2.40. The van der Waals surface area contributed by atoms with Crippen LogP contribution in [0.25, 0.3) is 33.4 Å². The Morgan fingerprint density at radius 1 is 1.05 bits per heavy atom. The summed E-state index contributed by atoms with van der Waals surface area (Å²) in [6.45, 7) is 2.37. The van der Waals surface area contributed by atoms with Gasteiger partial charge in [-0.2, -0.15) is 13.2 Å². The van der Waals surface area contributed by atoms with Gasteiger partial charge in [0.25, 0.3) is 5.91 Å². The van der Waals surface area contributed by atoms with Crippen LogP contribution in [0.3, 0.4) is 0 Å². The maximum absolute atomic E-state index is 13.6. The number of esters is 1. The molecular formula is C29H27F4N3O5. The van der Waals surface area contributed by atoms with Gasteiger partial charge in [0.15, 0.2) is 0 Å². The molecule has 4 N–H and O–H groups in total. The summed E-state index contributed by atoms with van der Waals surface area (Å²) in [5.41, 5.74) is 2.75. The molecule has 0 aliphatic heterocycles. The fraction of sp³-hybridized carbons (Fsp3) is 0.241. The van der Waals surface area contributed by atoms with Crippen molar-refractivity contribution < 1.29 is 41.4 Å². The van der Waals surface area contributed by atoms with Crippen molar-refractivity contribution >= 4 is 28.5 Å². The average Bonchev–Trinajstić information content (AvgIpc) is 3.32. The van der Waals surface area contributed by atoms with E-state index < -0.39 is 36.1 Å². The highest BCUT2D eigenvalue weighted by atomic mass is 19.4. The molecule has 1 amide bonds. The van der Waals surface area contributed by atoms with Crippen LogP contribution in [-0.2, 0) is 9.53 Å². The van der Waals surface area contributed by atoms with Crippen LogP contribution in [-0.4, -0.2) is 49.9 Å². The number of halogens is 4. The number of ether oxygens (including phenoxy) is 1. The Morgan fingerprint density at radius 3 is 2.37 bits per heavy atom. The monoisotopic (exact) mass is 573 g/mol. The number of hydrogen-bond acceptors (Lipinski definition) is 7. The second-order valence-corrected chi connectivity index (χ2v) is 9.01. The molecule has 216 valence electrons. The van der Waals surface area contributed by atoms with Crippen LogP contribution in [0, 0.1) is 5.82 Å². The van der Waals surface area contributed by atoms with E-state index in [1.54, 1.807) is 18.2 Å². The highest BCUT2D eigenvalue weighted by molar-refractivity contribution is 6.12. The number of benzene rings is 3. The van der Waals surface area contributed by atoms with E-state index >= 15 is 0 Å². The average molecular weight is 574 g/mol. The zero-order chi connectivity index (χ0) is 29.9. The Morgan fingerprint density at radius 2 is 1.76 bits per heavy atom. The van der Waals surface area contributed by atoms with Gasteiger partial charge in [-0.1, -0.05) is 18.2 Å². The lowest BCUT2D eigenvalue weighted by Crippen LogP contribution is -2.50. The van der Waals surface area contributed by atoms with Gasteiger partial charge in [0, 0.05) is 41.9 Å². The van der Waals surface area contributed by atoms with Crippen molar-refractivity contribution in [2.24, 2.45) is 0 Å². The van der Waals surface area contributed by atoms with Crippen molar-refractivity contribution in [3.8, 4) is 22.5 Å². The van der Waals surface area contributed by atoms with E-state index in [2.05, 4.69) is 15.4 Å². The highest BCUT2D eigenvalue weighted by Gasteiger charge is 2.46. The predicted octanol–water partition coefficient (Wildman–Crippen LogP) is 5.38. The van der Waals surface area contributed by atoms with Crippen molar-refractivity contribution in [3.63, 3.8) is 0 Å². The summed E-state index contributed by atoms with van der Waals surface area (Å²) in [6.07, 6.45) is -6.87. The molecular weight excluding hydrogens is 546 g/mol. The maximum Gasteiger partial charge on any atom is 0.414 e. The van der Waals surface area contributed by atoms with Crippen LogP contribution in [0.4, 0.5) is 23.2 Å². The van der Waals surface area contributed by atoms with E-state index in [-0.39, 0.29) is 16.9 Å². The van der Waals surface area contributed by atoms with E-state index in [9.17, 15) is 32.3 Å². The molecule has 0 bridgehead atoms. The molecule has 12 heteroatoms. The number of amides is 1. The third-order valence-corrected chi connectivity index (χ3v) is 6.36. The number of rotatable bonds is 9. The minimum Gasteiger partial charge on any atom is -0.468 e. The van der Waals surface area contributed by atoms with Gasteiger partial charge >= 0.3 is 12.1 Å². The molecule has 1 aromatic heterocycles. The molecule has 0 fully saturated rings. The minimum atomic E-state index is -5.01. The van der Waals surface area contributed by atoms with Gasteiger partial charge in [0.2, 0.25) is 6.04 Å². The number of aliphatic hydroxyl groups excluding tert-OH is 1. The molecule has 4 aromatic rings. The molecule has 0 radical (unpaired) electrons. The number of anilines is 1. The van der Waals surface area contributed by atoms with Gasteiger partial charge in [-0.25, -0.2) is 4.39 Å². The van der Waals surface area contributed by atoms with Crippen LogP contribution in [0.5, 0.6) is 0 Å². The SMILES string of the molecule is CCNc1cc2oc(-c3ccc(F)cc3)c(C(=O)NC)c2cc1-c1cccc(C(O)NC(C(=O)OC)C(F)(F)F)c1. The first-order chi connectivity index (χ1) is 19.5. The first-order valence-electron chi connectivity index (χ1n) is 12.5.